The molecule has 0 aromatic carbocycles. The Morgan fingerprint density at radius 2 is 2.16 bits per heavy atom. The lowest BCUT2D eigenvalue weighted by molar-refractivity contribution is 0.0692. The fourth-order valence-corrected chi connectivity index (χ4v) is 3.32. The van der Waals surface area contributed by atoms with Crippen LogP contribution in [0.5, 0.6) is 0 Å². The maximum absolute atomic E-state index is 12.5. The number of likely N-dealkylation sites (tertiary alicyclic amines) is 1. The highest BCUT2D eigenvalue weighted by Gasteiger charge is 2.26. The second-order valence-electron chi connectivity index (χ2n) is 6.36. The van der Waals surface area contributed by atoms with Crippen LogP contribution in [0.25, 0.3) is 0 Å². The molecule has 0 spiro atoms. The van der Waals surface area contributed by atoms with Gasteiger partial charge in [-0.2, -0.15) is 5.10 Å². The number of amides is 1. The van der Waals surface area contributed by atoms with E-state index in [1.807, 2.05) is 28.8 Å². The molecule has 7 nitrogen and oxygen atoms in total. The number of methoxy groups -OCH3 is 1. The molecule has 7 heteroatoms. The minimum Gasteiger partial charge on any atom is -0.383 e. The first-order chi connectivity index (χ1) is 12.2. The van der Waals surface area contributed by atoms with Gasteiger partial charge < -0.3 is 15.0 Å². The Balaban J connectivity index is 1.56. The van der Waals surface area contributed by atoms with Gasteiger partial charge in [0.25, 0.3) is 5.91 Å². The van der Waals surface area contributed by atoms with Crippen LogP contribution >= 0.6 is 0 Å². The third-order valence-electron chi connectivity index (χ3n) is 4.68. The van der Waals surface area contributed by atoms with E-state index in [4.69, 9.17) is 4.74 Å². The maximum Gasteiger partial charge on any atom is 0.255 e. The Hall–Kier alpha value is -2.25. The van der Waals surface area contributed by atoms with Crippen LogP contribution in [0.1, 0.15) is 34.9 Å². The van der Waals surface area contributed by atoms with Gasteiger partial charge in [-0.25, -0.2) is 0 Å². The van der Waals surface area contributed by atoms with Gasteiger partial charge in [0.05, 0.1) is 23.9 Å². The first-order valence-electron chi connectivity index (χ1n) is 8.61. The van der Waals surface area contributed by atoms with Crippen LogP contribution in [0.15, 0.2) is 36.8 Å². The van der Waals surface area contributed by atoms with E-state index in [-0.39, 0.29) is 11.9 Å². The summed E-state index contributed by atoms with van der Waals surface area (Å²) >= 11 is 0. The van der Waals surface area contributed by atoms with Gasteiger partial charge in [0.2, 0.25) is 0 Å². The van der Waals surface area contributed by atoms with Crippen molar-refractivity contribution >= 4 is 5.91 Å². The van der Waals surface area contributed by atoms with Crippen LogP contribution < -0.4 is 5.32 Å². The number of hydrogen-bond donors (Lipinski definition) is 1. The highest BCUT2D eigenvalue weighted by molar-refractivity contribution is 5.93. The number of rotatable bonds is 6. The Morgan fingerprint density at radius 1 is 1.36 bits per heavy atom. The van der Waals surface area contributed by atoms with E-state index in [1.54, 1.807) is 31.8 Å². The summed E-state index contributed by atoms with van der Waals surface area (Å²) < 4.78 is 7.24. The summed E-state index contributed by atoms with van der Waals surface area (Å²) in [5.41, 5.74) is 1.76. The van der Waals surface area contributed by atoms with Crippen molar-refractivity contribution in [2.45, 2.75) is 24.9 Å². The number of nitrogens with one attached hydrogen (secondary N) is 1. The number of aryl methyl sites for hydroxylation is 1. The van der Waals surface area contributed by atoms with E-state index in [1.165, 1.54) is 0 Å². The molecular formula is C18H25N5O2. The van der Waals surface area contributed by atoms with E-state index < -0.39 is 0 Å². The average molecular weight is 343 g/mol. The zero-order chi connectivity index (χ0) is 17.6. The van der Waals surface area contributed by atoms with E-state index >= 15 is 0 Å². The quantitative estimate of drug-likeness (QED) is 0.858. The molecule has 0 radical (unpaired) electrons. The van der Waals surface area contributed by atoms with Crippen molar-refractivity contribution in [1.29, 1.82) is 0 Å². The summed E-state index contributed by atoms with van der Waals surface area (Å²) in [4.78, 5) is 18.4. The minimum atomic E-state index is 0.0617. The smallest absolute Gasteiger partial charge is 0.255 e. The van der Waals surface area contributed by atoms with Crippen molar-refractivity contribution in [2.24, 2.45) is 7.05 Å². The lowest BCUT2D eigenvalue weighted by Gasteiger charge is -2.34. The monoisotopic (exact) mass is 343 g/mol. The van der Waals surface area contributed by atoms with Gasteiger partial charge in [-0.15, -0.1) is 0 Å². The molecule has 1 aliphatic rings. The first kappa shape index (κ1) is 17.6. The largest absolute Gasteiger partial charge is 0.383 e. The van der Waals surface area contributed by atoms with Crippen LogP contribution in [0.2, 0.25) is 0 Å². The summed E-state index contributed by atoms with van der Waals surface area (Å²) in [6.45, 7) is 2.08. The second-order valence-corrected chi connectivity index (χ2v) is 6.36. The van der Waals surface area contributed by atoms with E-state index in [0.29, 0.717) is 18.2 Å². The maximum atomic E-state index is 12.5. The van der Waals surface area contributed by atoms with Crippen molar-refractivity contribution in [3.05, 3.63) is 48.0 Å². The summed E-state index contributed by atoms with van der Waals surface area (Å²) in [7, 11) is 3.65. The van der Waals surface area contributed by atoms with Crippen LogP contribution in [-0.2, 0) is 11.8 Å². The van der Waals surface area contributed by atoms with Gasteiger partial charge in [0, 0.05) is 51.9 Å². The number of ether oxygens (including phenoxy) is 1. The summed E-state index contributed by atoms with van der Waals surface area (Å²) in [5, 5.41) is 7.91. The number of carbonyl (C=O) groups is 1. The molecule has 1 aliphatic heterocycles. The Bertz CT molecular complexity index is 680. The highest BCUT2D eigenvalue weighted by Crippen LogP contribution is 2.19. The fraction of sp³-hybridized carbons (Fsp3) is 0.500. The molecule has 1 fully saturated rings. The summed E-state index contributed by atoms with van der Waals surface area (Å²) in [6, 6.07) is 6.08. The standard InChI is InChI=1S/C18H25N5O2/c1-22-17(5-9-20-22)16(13-25-2)21-15-6-10-23(11-7-15)18(24)14-4-3-8-19-12-14/h3-5,8-9,12,15-16,21H,6-7,10-11,13H2,1-2H3. The molecule has 3 heterocycles. The van der Waals surface area contributed by atoms with Crippen LogP contribution in [0, 0.1) is 0 Å². The number of aromatic nitrogens is 3. The van der Waals surface area contributed by atoms with Crippen molar-refractivity contribution < 1.29 is 9.53 Å². The Kier molecular flexibility index (Phi) is 5.78. The molecule has 1 saturated heterocycles. The number of nitrogens with zero attached hydrogens (tertiary/aromatic N) is 4. The minimum absolute atomic E-state index is 0.0617. The van der Waals surface area contributed by atoms with Crippen LogP contribution in [0.4, 0.5) is 0 Å². The molecule has 0 aliphatic carbocycles. The zero-order valence-corrected chi connectivity index (χ0v) is 14.8. The lowest BCUT2D eigenvalue weighted by atomic mass is 10.0. The van der Waals surface area contributed by atoms with Gasteiger partial charge in [0.1, 0.15) is 0 Å². The van der Waals surface area contributed by atoms with Gasteiger partial charge in [-0.1, -0.05) is 0 Å². The van der Waals surface area contributed by atoms with Crippen LogP contribution in [0.3, 0.4) is 0 Å². The predicted octanol–water partition coefficient (Wildman–Crippen LogP) is 1.40. The predicted molar refractivity (Wildman–Crippen MR) is 94.1 cm³/mol. The average Bonchev–Trinajstić information content (AvgIpc) is 3.08. The molecule has 0 saturated carbocycles. The third-order valence-corrected chi connectivity index (χ3v) is 4.68. The molecule has 0 bridgehead atoms. The number of hydrogen-bond acceptors (Lipinski definition) is 5. The molecule has 2 aromatic heterocycles. The molecule has 3 rings (SSSR count). The van der Waals surface area contributed by atoms with Crippen molar-refractivity contribution in [3.63, 3.8) is 0 Å². The van der Waals surface area contributed by atoms with E-state index in [2.05, 4.69) is 15.4 Å². The Morgan fingerprint density at radius 3 is 2.76 bits per heavy atom. The summed E-state index contributed by atoms with van der Waals surface area (Å²) in [6.07, 6.45) is 6.95. The lowest BCUT2D eigenvalue weighted by Crippen LogP contribution is -2.46. The van der Waals surface area contributed by atoms with Gasteiger partial charge in [-0.3, -0.25) is 14.5 Å². The molecule has 134 valence electrons. The van der Waals surface area contributed by atoms with Crippen molar-refractivity contribution in [1.82, 2.24) is 25.0 Å². The fourth-order valence-electron chi connectivity index (χ4n) is 3.32. The van der Waals surface area contributed by atoms with Crippen LogP contribution in [-0.4, -0.2) is 58.4 Å². The first-order valence-corrected chi connectivity index (χ1v) is 8.61. The third kappa shape index (κ3) is 4.24. The Labute approximate surface area is 148 Å². The van der Waals surface area contributed by atoms with Gasteiger partial charge in [0.15, 0.2) is 0 Å². The molecule has 1 unspecified atom stereocenters. The summed E-state index contributed by atoms with van der Waals surface area (Å²) in [5.74, 6) is 0.0617. The van der Waals surface area contributed by atoms with Gasteiger partial charge in [-0.05, 0) is 31.0 Å². The molecule has 1 N–H and O–H groups in total. The highest BCUT2D eigenvalue weighted by atomic mass is 16.5. The molecule has 1 amide bonds. The molecular weight excluding hydrogens is 318 g/mol. The van der Waals surface area contributed by atoms with E-state index in [0.717, 1.165) is 31.6 Å². The van der Waals surface area contributed by atoms with Gasteiger partial charge >= 0.3 is 0 Å². The number of pyridine rings is 1. The normalized spacial score (nSPS) is 16.8. The number of carbonyl (C=O) groups excluding carboxylic acids is 1. The second kappa shape index (κ2) is 8.22. The zero-order valence-electron chi connectivity index (χ0n) is 14.8. The molecule has 1 atom stereocenters. The number of piperidine rings is 1. The topological polar surface area (TPSA) is 72.3 Å². The van der Waals surface area contributed by atoms with E-state index in [9.17, 15) is 4.79 Å². The van der Waals surface area contributed by atoms with Crippen molar-refractivity contribution in [3.8, 4) is 0 Å². The molecule has 25 heavy (non-hydrogen) atoms. The molecule has 2 aromatic rings. The SMILES string of the molecule is COCC(NC1CCN(C(=O)c2cccnc2)CC1)c1ccnn1C. The van der Waals surface area contributed by atoms with Crippen molar-refractivity contribution in [2.75, 3.05) is 26.8 Å².